The van der Waals surface area contributed by atoms with Crippen LogP contribution in [0.4, 0.5) is 0 Å². The first-order valence-corrected chi connectivity index (χ1v) is 5.73. The zero-order valence-electron chi connectivity index (χ0n) is 8.33. The fourth-order valence-electron chi connectivity index (χ4n) is 0.541. The second kappa shape index (κ2) is 5.08. The predicted molar refractivity (Wildman–Crippen MR) is 56.4 cm³/mol. The minimum Gasteiger partial charge on any atom is -0.448 e. The fraction of sp³-hybridized carbons (Fsp3) is 0.875. The van der Waals surface area contributed by atoms with E-state index in [-0.39, 0.29) is 10.9 Å². The van der Waals surface area contributed by atoms with Gasteiger partial charge in [-0.05, 0) is 28.6 Å². The molecule has 0 saturated heterocycles. The zero-order chi connectivity index (χ0) is 10.6. The van der Waals surface area contributed by atoms with Crippen molar-refractivity contribution in [2.75, 3.05) is 0 Å². The molecule has 0 aromatic heterocycles. The second-order valence-corrected chi connectivity index (χ2v) is 5.15. The van der Waals surface area contributed by atoms with Crippen LogP contribution in [0.25, 0.3) is 0 Å². The molecule has 0 rings (SSSR count). The van der Waals surface area contributed by atoms with E-state index >= 15 is 0 Å². The van der Waals surface area contributed by atoms with Crippen molar-refractivity contribution in [3.05, 3.63) is 0 Å². The normalized spacial score (nSPS) is 16.5. The van der Waals surface area contributed by atoms with E-state index in [4.69, 9.17) is 21.2 Å². The smallest absolute Gasteiger partial charge is 0.323 e. The molecule has 0 spiro atoms. The van der Waals surface area contributed by atoms with Gasteiger partial charge in [0.15, 0.2) is 5.44 Å². The van der Waals surface area contributed by atoms with E-state index in [1.807, 2.05) is 20.8 Å². The summed E-state index contributed by atoms with van der Waals surface area (Å²) >= 11 is 0. The van der Waals surface area contributed by atoms with E-state index in [1.165, 1.54) is 0 Å². The van der Waals surface area contributed by atoms with E-state index in [0.29, 0.717) is 0 Å². The lowest BCUT2D eigenvalue weighted by Gasteiger charge is -2.27. The number of halogens is 1. The van der Waals surface area contributed by atoms with E-state index in [9.17, 15) is 4.79 Å². The highest BCUT2D eigenvalue weighted by molar-refractivity contribution is 8.21. The molecule has 0 radical (unpaired) electrons. The Kier molecular flexibility index (Phi) is 5.10. The van der Waals surface area contributed by atoms with Crippen molar-refractivity contribution < 1.29 is 9.53 Å². The first-order valence-electron chi connectivity index (χ1n) is 4.02. The van der Waals surface area contributed by atoms with Crippen LogP contribution in [0, 0.1) is 5.41 Å². The lowest BCUT2D eigenvalue weighted by Crippen LogP contribution is -2.35. The molecule has 2 atom stereocenters. The van der Waals surface area contributed by atoms with Crippen LogP contribution in [-0.4, -0.2) is 17.4 Å². The lowest BCUT2D eigenvalue weighted by atomic mass is 9.98. The summed E-state index contributed by atoms with van der Waals surface area (Å²) in [4.78, 5) is 11.1. The third-order valence-electron chi connectivity index (χ3n) is 1.38. The molecule has 0 aliphatic rings. The number of esters is 1. The Bertz CT molecular complexity index is 179. The molecule has 0 aliphatic carbocycles. The average Bonchev–Trinajstić information content (AvgIpc) is 1.96. The monoisotopic (exact) mass is 225 g/mol. The SMILES string of the molecule is CC(N)C(=O)OC(SCl)C(C)(C)C. The third-order valence-corrected chi connectivity index (χ3v) is 2.83. The van der Waals surface area contributed by atoms with Crippen LogP contribution in [0.5, 0.6) is 0 Å². The molecule has 13 heavy (non-hydrogen) atoms. The first kappa shape index (κ1) is 13.1. The van der Waals surface area contributed by atoms with Crippen molar-refractivity contribution in [3.63, 3.8) is 0 Å². The molecule has 5 heteroatoms. The summed E-state index contributed by atoms with van der Waals surface area (Å²) in [6, 6.07) is -0.603. The fourth-order valence-corrected chi connectivity index (χ4v) is 1.85. The van der Waals surface area contributed by atoms with Gasteiger partial charge >= 0.3 is 5.97 Å². The van der Waals surface area contributed by atoms with Gasteiger partial charge in [0.1, 0.15) is 6.04 Å². The Hall–Kier alpha value is 0.0700. The molecule has 0 bridgehead atoms. The molecule has 0 aliphatic heterocycles. The molecule has 0 aromatic rings. The number of carbonyl (C=O) groups excluding carboxylic acids is 1. The number of rotatable bonds is 3. The predicted octanol–water partition coefficient (Wildman–Crippen LogP) is 2.14. The first-order chi connectivity index (χ1) is 5.79. The average molecular weight is 226 g/mol. The molecule has 0 amide bonds. The molecule has 3 nitrogen and oxygen atoms in total. The van der Waals surface area contributed by atoms with Crippen molar-refractivity contribution in [3.8, 4) is 0 Å². The Morgan fingerprint density at radius 1 is 1.54 bits per heavy atom. The Labute approximate surface area is 87.8 Å². The highest BCUT2D eigenvalue weighted by Gasteiger charge is 2.29. The maximum Gasteiger partial charge on any atom is 0.323 e. The highest BCUT2D eigenvalue weighted by Crippen LogP contribution is 2.33. The number of nitrogens with two attached hydrogens (primary N) is 1. The van der Waals surface area contributed by atoms with E-state index in [2.05, 4.69) is 0 Å². The molecule has 78 valence electrons. The molecule has 0 aromatic carbocycles. The maximum absolute atomic E-state index is 11.1. The van der Waals surface area contributed by atoms with Gasteiger partial charge in [-0.25, -0.2) is 0 Å². The number of hydrogen-bond donors (Lipinski definition) is 1. The highest BCUT2D eigenvalue weighted by atomic mass is 35.7. The maximum atomic E-state index is 11.1. The van der Waals surface area contributed by atoms with Crippen LogP contribution in [0.1, 0.15) is 27.7 Å². The van der Waals surface area contributed by atoms with Gasteiger partial charge in [-0.15, -0.1) is 0 Å². The third kappa shape index (κ3) is 4.74. The van der Waals surface area contributed by atoms with Gasteiger partial charge in [0.25, 0.3) is 0 Å². The van der Waals surface area contributed by atoms with Gasteiger partial charge in [-0.2, -0.15) is 0 Å². The van der Waals surface area contributed by atoms with Gasteiger partial charge in [-0.3, -0.25) is 4.79 Å². The minimum absolute atomic E-state index is 0.184. The lowest BCUT2D eigenvalue weighted by molar-refractivity contribution is -0.149. The van der Waals surface area contributed by atoms with Gasteiger partial charge in [0, 0.05) is 5.41 Å². The molecule has 2 N–H and O–H groups in total. The van der Waals surface area contributed by atoms with E-state index in [0.717, 1.165) is 11.0 Å². The molecule has 2 unspecified atom stereocenters. The minimum atomic E-state index is -0.603. The van der Waals surface area contributed by atoms with Crippen LogP contribution in [0.3, 0.4) is 0 Å². The van der Waals surface area contributed by atoms with Gasteiger partial charge in [0.2, 0.25) is 0 Å². The van der Waals surface area contributed by atoms with Crippen molar-refractivity contribution in [1.29, 1.82) is 0 Å². The quantitative estimate of drug-likeness (QED) is 0.591. The molecule has 0 heterocycles. The van der Waals surface area contributed by atoms with Crippen molar-refractivity contribution in [2.45, 2.75) is 39.2 Å². The summed E-state index contributed by atoms with van der Waals surface area (Å²) in [7, 11) is 6.60. The van der Waals surface area contributed by atoms with Crippen LogP contribution in [0.15, 0.2) is 0 Å². The molecule has 0 fully saturated rings. The number of ether oxygens (including phenoxy) is 1. The van der Waals surface area contributed by atoms with E-state index < -0.39 is 12.0 Å². The van der Waals surface area contributed by atoms with Crippen LogP contribution in [0.2, 0.25) is 0 Å². The summed E-state index contributed by atoms with van der Waals surface area (Å²) in [5.41, 5.74) is 4.80. The summed E-state index contributed by atoms with van der Waals surface area (Å²) in [6.45, 7) is 7.42. The Morgan fingerprint density at radius 3 is 2.23 bits per heavy atom. The van der Waals surface area contributed by atoms with Crippen LogP contribution >= 0.6 is 21.7 Å². The standard InChI is InChI=1S/C8H16ClNO2S/c1-5(10)6(11)12-7(13-9)8(2,3)4/h5,7H,10H2,1-4H3. The molecule has 0 saturated carbocycles. The summed E-state index contributed by atoms with van der Waals surface area (Å²) in [6.07, 6.45) is 0. The zero-order valence-corrected chi connectivity index (χ0v) is 9.91. The number of hydrogen-bond acceptors (Lipinski definition) is 4. The van der Waals surface area contributed by atoms with Gasteiger partial charge < -0.3 is 10.5 Å². The Balaban J connectivity index is 4.22. The van der Waals surface area contributed by atoms with Gasteiger partial charge in [-0.1, -0.05) is 20.8 Å². The van der Waals surface area contributed by atoms with Crippen LogP contribution in [-0.2, 0) is 9.53 Å². The van der Waals surface area contributed by atoms with Crippen LogP contribution < -0.4 is 5.73 Å². The second-order valence-electron chi connectivity index (χ2n) is 4.01. The molecular formula is C8H16ClNO2S. The number of carbonyl (C=O) groups is 1. The largest absolute Gasteiger partial charge is 0.448 e. The summed E-state index contributed by atoms with van der Waals surface area (Å²) < 4.78 is 5.09. The van der Waals surface area contributed by atoms with Gasteiger partial charge in [0.05, 0.1) is 0 Å². The van der Waals surface area contributed by atoms with E-state index in [1.54, 1.807) is 6.92 Å². The van der Waals surface area contributed by atoms with Crippen molar-refractivity contribution in [1.82, 2.24) is 0 Å². The van der Waals surface area contributed by atoms with Crippen molar-refractivity contribution in [2.24, 2.45) is 11.1 Å². The molecular weight excluding hydrogens is 210 g/mol. The topological polar surface area (TPSA) is 52.3 Å². The van der Waals surface area contributed by atoms with Crippen molar-refractivity contribution >= 4 is 27.6 Å². The summed E-state index contributed by atoms with van der Waals surface area (Å²) in [5.74, 6) is -0.423. The Morgan fingerprint density at radius 2 is 2.00 bits per heavy atom. The summed E-state index contributed by atoms with van der Waals surface area (Å²) in [5, 5.41) is 0.